The number of rotatable bonds is 9. The summed E-state index contributed by atoms with van der Waals surface area (Å²) < 4.78 is 41.3. The standard InChI is InChI=1S/C17H27F3N2O/c1-13-11-15(8-9-16(13)23-12-17(18,19)20)21-14(2)7-5-6-10-22(3)4/h8-9,11,14,21H,5-7,10,12H2,1-4H3. The molecule has 1 aromatic rings. The molecule has 0 radical (unpaired) electrons. The zero-order chi connectivity index (χ0) is 17.5. The van der Waals surface area contributed by atoms with E-state index in [1.807, 2.05) is 6.07 Å². The van der Waals surface area contributed by atoms with E-state index < -0.39 is 12.8 Å². The van der Waals surface area contributed by atoms with Gasteiger partial charge in [-0.1, -0.05) is 6.42 Å². The van der Waals surface area contributed by atoms with Gasteiger partial charge in [-0.15, -0.1) is 0 Å². The Morgan fingerprint density at radius 3 is 2.48 bits per heavy atom. The molecule has 0 aliphatic rings. The quantitative estimate of drug-likeness (QED) is 0.675. The Bertz CT molecular complexity index is 475. The van der Waals surface area contributed by atoms with Gasteiger partial charge in [-0.05, 0) is 71.1 Å². The Balaban J connectivity index is 2.44. The van der Waals surface area contributed by atoms with Gasteiger partial charge in [-0.2, -0.15) is 13.2 Å². The Kier molecular flexibility index (Phi) is 7.68. The lowest BCUT2D eigenvalue weighted by molar-refractivity contribution is -0.153. The smallest absolute Gasteiger partial charge is 0.422 e. The topological polar surface area (TPSA) is 24.5 Å². The number of ether oxygens (including phenoxy) is 1. The normalized spacial score (nSPS) is 13.2. The van der Waals surface area contributed by atoms with Crippen molar-refractivity contribution in [2.75, 3.05) is 32.6 Å². The van der Waals surface area contributed by atoms with Crippen LogP contribution < -0.4 is 10.1 Å². The maximum atomic E-state index is 12.2. The van der Waals surface area contributed by atoms with Gasteiger partial charge in [0.25, 0.3) is 0 Å². The number of benzene rings is 1. The van der Waals surface area contributed by atoms with Crippen molar-refractivity contribution in [3.63, 3.8) is 0 Å². The summed E-state index contributed by atoms with van der Waals surface area (Å²) in [5.74, 6) is 0.270. The Labute approximate surface area is 136 Å². The van der Waals surface area contributed by atoms with Gasteiger partial charge in [-0.25, -0.2) is 0 Å². The van der Waals surface area contributed by atoms with Crippen molar-refractivity contribution in [3.05, 3.63) is 23.8 Å². The minimum atomic E-state index is -4.32. The molecule has 1 atom stereocenters. The van der Waals surface area contributed by atoms with Gasteiger partial charge in [0.05, 0.1) is 0 Å². The summed E-state index contributed by atoms with van der Waals surface area (Å²) in [5, 5.41) is 3.38. The van der Waals surface area contributed by atoms with Crippen LogP contribution >= 0.6 is 0 Å². The van der Waals surface area contributed by atoms with Crippen LogP contribution in [0, 0.1) is 6.92 Å². The van der Waals surface area contributed by atoms with Crippen LogP contribution in [0.25, 0.3) is 0 Å². The second-order valence-electron chi connectivity index (χ2n) is 6.23. The summed E-state index contributed by atoms with van der Waals surface area (Å²) in [6, 6.07) is 5.48. The van der Waals surface area contributed by atoms with Crippen molar-refractivity contribution in [1.29, 1.82) is 0 Å². The second kappa shape index (κ2) is 9.01. The molecule has 0 fully saturated rings. The molecular formula is C17H27F3N2O. The Morgan fingerprint density at radius 1 is 1.22 bits per heavy atom. The molecular weight excluding hydrogens is 305 g/mol. The number of hydrogen-bond acceptors (Lipinski definition) is 3. The maximum absolute atomic E-state index is 12.2. The van der Waals surface area contributed by atoms with E-state index in [-0.39, 0.29) is 5.75 Å². The summed E-state index contributed by atoms with van der Waals surface area (Å²) in [7, 11) is 4.12. The predicted octanol–water partition coefficient (Wildman–Crippen LogP) is 4.47. The lowest BCUT2D eigenvalue weighted by Gasteiger charge is -2.18. The number of alkyl halides is 3. The van der Waals surface area contributed by atoms with E-state index in [2.05, 4.69) is 31.2 Å². The zero-order valence-electron chi connectivity index (χ0n) is 14.3. The molecule has 1 unspecified atom stereocenters. The van der Waals surface area contributed by atoms with Crippen molar-refractivity contribution < 1.29 is 17.9 Å². The van der Waals surface area contributed by atoms with E-state index in [1.165, 1.54) is 0 Å². The van der Waals surface area contributed by atoms with Gasteiger partial charge in [0.2, 0.25) is 0 Å². The number of nitrogens with one attached hydrogen (secondary N) is 1. The number of nitrogens with zero attached hydrogens (tertiary/aromatic N) is 1. The third-order valence-electron chi connectivity index (χ3n) is 3.47. The van der Waals surface area contributed by atoms with Crippen LogP contribution in [0.3, 0.4) is 0 Å². The van der Waals surface area contributed by atoms with E-state index in [1.54, 1.807) is 19.1 Å². The first-order valence-corrected chi connectivity index (χ1v) is 7.89. The molecule has 1 rings (SSSR count). The molecule has 0 spiro atoms. The Hall–Kier alpha value is -1.43. The van der Waals surface area contributed by atoms with Crippen molar-refractivity contribution in [2.45, 2.75) is 45.3 Å². The third-order valence-corrected chi connectivity index (χ3v) is 3.47. The summed E-state index contributed by atoms with van der Waals surface area (Å²) in [4.78, 5) is 2.17. The molecule has 0 saturated heterocycles. The fourth-order valence-corrected chi connectivity index (χ4v) is 2.30. The van der Waals surface area contributed by atoms with Crippen LogP contribution in [0.2, 0.25) is 0 Å². The van der Waals surface area contributed by atoms with Gasteiger partial charge in [0.15, 0.2) is 6.61 Å². The molecule has 3 nitrogen and oxygen atoms in total. The minimum Gasteiger partial charge on any atom is -0.484 e. The molecule has 1 aromatic carbocycles. The number of hydrogen-bond donors (Lipinski definition) is 1. The van der Waals surface area contributed by atoms with Gasteiger partial charge in [-0.3, -0.25) is 0 Å². The lowest BCUT2D eigenvalue weighted by Crippen LogP contribution is -2.19. The monoisotopic (exact) mass is 332 g/mol. The average Bonchev–Trinajstić information content (AvgIpc) is 2.41. The zero-order valence-corrected chi connectivity index (χ0v) is 14.3. The molecule has 132 valence electrons. The molecule has 0 aliphatic heterocycles. The van der Waals surface area contributed by atoms with Crippen LogP contribution in [-0.4, -0.2) is 44.4 Å². The summed E-state index contributed by atoms with van der Waals surface area (Å²) in [6.07, 6.45) is -0.968. The van der Waals surface area contributed by atoms with E-state index in [0.29, 0.717) is 11.6 Å². The van der Waals surface area contributed by atoms with Gasteiger partial charge in [0, 0.05) is 11.7 Å². The highest BCUT2D eigenvalue weighted by molar-refractivity contribution is 5.51. The highest BCUT2D eigenvalue weighted by Crippen LogP contribution is 2.25. The van der Waals surface area contributed by atoms with E-state index in [9.17, 15) is 13.2 Å². The molecule has 0 bridgehead atoms. The highest BCUT2D eigenvalue weighted by Gasteiger charge is 2.28. The summed E-state index contributed by atoms with van der Waals surface area (Å²) in [5.41, 5.74) is 1.60. The molecule has 0 amide bonds. The van der Waals surface area contributed by atoms with E-state index in [4.69, 9.17) is 4.74 Å². The molecule has 0 aromatic heterocycles. The number of unbranched alkanes of at least 4 members (excludes halogenated alkanes) is 1. The maximum Gasteiger partial charge on any atom is 0.422 e. The van der Waals surface area contributed by atoms with Crippen LogP contribution in [0.15, 0.2) is 18.2 Å². The molecule has 1 N–H and O–H groups in total. The largest absolute Gasteiger partial charge is 0.484 e. The van der Waals surface area contributed by atoms with E-state index in [0.717, 1.165) is 31.5 Å². The van der Waals surface area contributed by atoms with Gasteiger partial charge < -0.3 is 15.0 Å². The van der Waals surface area contributed by atoms with Crippen molar-refractivity contribution in [2.24, 2.45) is 0 Å². The van der Waals surface area contributed by atoms with Gasteiger partial charge >= 0.3 is 6.18 Å². The SMILES string of the molecule is Cc1cc(NC(C)CCCCN(C)C)ccc1OCC(F)(F)F. The third kappa shape index (κ3) is 8.69. The fraction of sp³-hybridized carbons (Fsp3) is 0.647. The molecule has 0 saturated carbocycles. The number of aryl methyl sites for hydroxylation is 1. The molecule has 23 heavy (non-hydrogen) atoms. The average molecular weight is 332 g/mol. The first kappa shape index (κ1) is 19.6. The minimum absolute atomic E-state index is 0.270. The predicted molar refractivity (Wildman–Crippen MR) is 88.2 cm³/mol. The van der Waals surface area contributed by atoms with Gasteiger partial charge in [0.1, 0.15) is 5.75 Å². The fourth-order valence-electron chi connectivity index (χ4n) is 2.30. The first-order chi connectivity index (χ1) is 10.7. The Morgan fingerprint density at radius 2 is 1.91 bits per heavy atom. The molecule has 0 heterocycles. The summed E-state index contributed by atoms with van der Waals surface area (Å²) in [6.45, 7) is 3.68. The van der Waals surface area contributed by atoms with Crippen molar-refractivity contribution >= 4 is 5.69 Å². The molecule has 6 heteroatoms. The first-order valence-electron chi connectivity index (χ1n) is 7.89. The van der Waals surface area contributed by atoms with Crippen molar-refractivity contribution in [3.8, 4) is 5.75 Å². The number of anilines is 1. The van der Waals surface area contributed by atoms with Crippen LogP contribution in [0.5, 0.6) is 5.75 Å². The van der Waals surface area contributed by atoms with E-state index >= 15 is 0 Å². The highest BCUT2D eigenvalue weighted by atomic mass is 19.4. The molecule has 0 aliphatic carbocycles. The summed E-state index contributed by atoms with van der Waals surface area (Å²) >= 11 is 0. The lowest BCUT2D eigenvalue weighted by atomic mass is 10.1. The van der Waals surface area contributed by atoms with Crippen LogP contribution in [-0.2, 0) is 0 Å². The van der Waals surface area contributed by atoms with Crippen LogP contribution in [0.1, 0.15) is 31.7 Å². The second-order valence-corrected chi connectivity index (χ2v) is 6.23. The number of halogens is 3. The van der Waals surface area contributed by atoms with Crippen molar-refractivity contribution in [1.82, 2.24) is 4.90 Å². The van der Waals surface area contributed by atoms with Crippen LogP contribution in [0.4, 0.5) is 18.9 Å².